The molecule has 1 aromatic rings. The van der Waals surface area contributed by atoms with E-state index in [4.69, 9.17) is 5.73 Å². The summed E-state index contributed by atoms with van der Waals surface area (Å²) in [6, 6.07) is 5.93. The number of nitrogens with one attached hydrogen (secondary N) is 1. The van der Waals surface area contributed by atoms with E-state index in [1.807, 2.05) is 18.2 Å². The maximum atomic E-state index is 5.73. The first-order valence-corrected chi connectivity index (χ1v) is 5.67. The third-order valence-corrected chi connectivity index (χ3v) is 3.55. The van der Waals surface area contributed by atoms with Gasteiger partial charge in [-0.1, -0.05) is 15.9 Å². The molecule has 3 N–H and O–H groups in total. The van der Waals surface area contributed by atoms with Gasteiger partial charge < -0.3 is 11.1 Å². The third kappa shape index (κ3) is 2.28. The molecule has 1 fully saturated rings. The van der Waals surface area contributed by atoms with Crippen molar-refractivity contribution >= 4 is 21.6 Å². The number of rotatable bonds is 3. The standard InChI is InChI=1S/C11H15BrN2/c1-11(4-5-11)14-7-8-6-9(13)2-3-10(8)12/h2-3,6,14H,4-5,7,13H2,1H3. The number of halogens is 1. The van der Waals surface area contributed by atoms with Gasteiger partial charge in [-0.25, -0.2) is 0 Å². The minimum Gasteiger partial charge on any atom is -0.399 e. The molecule has 2 nitrogen and oxygen atoms in total. The Balaban J connectivity index is 2.04. The van der Waals surface area contributed by atoms with Crippen LogP contribution in [0.1, 0.15) is 25.3 Å². The minimum atomic E-state index is 0.379. The summed E-state index contributed by atoms with van der Waals surface area (Å²) in [7, 11) is 0. The van der Waals surface area contributed by atoms with Crippen molar-refractivity contribution in [2.45, 2.75) is 31.8 Å². The summed E-state index contributed by atoms with van der Waals surface area (Å²) < 4.78 is 1.13. The molecule has 0 bridgehead atoms. The summed E-state index contributed by atoms with van der Waals surface area (Å²) in [4.78, 5) is 0. The molecule has 3 heteroatoms. The minimum absolute atomic E-state index is 0.379. The van der Waals surface area contributed by atoms with Crippen LogP contribution in [0.5, 0.6) is 0 Å². The molecule has 0 heterocycles. The molecular weight excluding hydrogens is 240 g/mol. The quantitative estimate of drug-likeness (QED) is 0.815. The molecule has 0 atom stereocenters. The van der Waals surface area contributed by atoms with Gasteiger partial charge >= 0.3 is 0 Å². The smallest absolute Gasteiger partial charge is 0.0318 e. The lowest BCUT2D eigenvalue weighted by Crippen LogP contribution is -2.27. The van der Waals surface area contributed by atoms with Crippen LogP contribution in [-0.4, -0.2) is 5.54 Å². The van der Waals surface area contributed by atoms with Gasteiger partial charge in [0.05, 0.1) is 0 Å². The molecule has 1 aromatic carbocycles. The topological polar surface area (TPSA) is 38.0 Å². The Labute approximate surface area is 93.0 Å². The number of hydrogen-bond donors (Lipinski definition) is 2. The van der Waals surface area contributed by atoms with Crippen LogP contribution >= 0.6 is 15.9 Å². The molecule has 0 radical (unpaired) electrons. The summed E-state index contributed by atoms with van der Waals surface area (Å²) >= 11 is 3.52. The average molecular weight is 255 g/mol. The average Bonchev–Trinajstić information content (AvgIpc) is 2.87. The lowest BCUT2D eigenvalue weighted by Gasteiger charge is -2.12. The molecule has 0 aliphatic heterocycles. The second-order valence-electron chi connectivity index (χ2n) is 4.27. The highest BCUT2D eigenvalue weighted by atomic mass is 79.9. The Morgan fingerprint density at radius 2 is 2.21 bits per heavy atom. The Bertz CT molecular complexity index is 345. The van der Waals surface area contributed by atoms with Crippen molar-refractivity contribution in [1.29, 1.82) is 0 Å². The van der Waals surface area contributed by atoms with Crippen LogP contribution in [0, 0.1) is 0 Å². The fourth-order valence-corrected chi connectivity index (χ4v) is 1.79. The fraction of sp³-hybridized carbons (Fsp3) is 0.455. The van der Waals surface area contributed by atoms with Crippen LogP contribution in [0.3, 0.4) is 0 Å². The highest BCUT2D eigenvalue weighted by Gasteiger charge is 2.36. The number of hydrogen-bond acceptors (Lipinski definition) is 2. The van der Waals surface area contributed by atoms with Crippen molar-refractivity contribution in [2.75, 3.05) is 5.73 Å². The molecule has 1 aliphatic carbocycles. The molecule has 76 valence electrons. The van der Waals surface area contributed by atoms with E-state index >= 15 is 0 Å². The molecule has 0 unspecified atom stereocenters. The molecule has 1 aliphatic rings. The van der Waals surface area contributed by atoms with Crippen LogP contribution in [0.2, 0.25) is 0 Å². The van der Waals surface area contributed by atoms with E-state index in [9.17, 15) is 0 Å². The van der Waals surface area contributed by atoms with Gasteiger partial charge in [0, 0.05) is 22.2 Å². The summed E-state index contributed by atoms with van der Waals surface area (Å²) in [6.45, 7) is 3.15. The van der Waals surface area contributed by atoms with Gasteiger partial charge in [0.15, 0.2) is 0 Å². The van der Waals surface area contributed by atoms with Crippen molar-refractivity contribution in [3.8, 4) is 0 Å². The van der Waals surface area contributed by atoms with E-state index < -0.39 is 0 Å². The lowest BCUT2D eigenvalue weighted by molar-refractivity contribution is 0.537. The van der Waals surface area contributed by atoms with E-state index in [1.165, 1.54) is 18.4 Å². The van der Waals surface area contributed by atoms with Crippen molar-refractivity contribution in [1.82, 2.24) is 5.32 Å². The summed E-state index contributed by atoms with van der Waals surface area (Å²) in [5.74, 6) is 0. The van der Waals surface area contributed by atoms with E-state index in [0.717, 1.165) is 16.7 Å². The SMILES string of the molecule is CC1(NCc2cc(N)ccc2Br)CC1. The zero-order valence-electron chi connectivity index (χ0n) is 8.31. The molecule has 1 saturated carbocycles. The number of anilines is 1. The summed E-state index contributed by atoms with van der Waals surface area (Å²) in [6.07, 6.45) is 2.57. The monoisotopic (exact) mass is 254 g/mol. The number of benzene rings is 1. The van der Waals surface area contributed by atoms with Crippen LogP contribution in [0.15, 0.2) is 22.7 Å². The van der Waals surface area contributed by atoms with Crippen LogP contribution in [0.4, 0.5) is 5.69 Å². The maximum absolute atomic E-state index is 5.73. The van der Waals surface area contributed by atoms with Gasteiger partial charge in [-0.2, -0.15) is 0 Å². The Morgan fingerprint density at radius 1 is 1.50 bits per heavy atom. The van der Waals surface area contributed by atoms with Crippen LogP contribution in [0.25, 0.3) is 0 Å². The van der Waals surface area contributed by atoms with Gasteiger partial charge in [-0.15, -0.1) is 0 Å². The van der Waals surface area contributed by atoms with E-state index in [1.54, 1.807) is 0 Å². The van der Waals surface area contributed by atoms with Gasteiger partial charge in [0.2, 0.25) is 0 Å². The summed E-state index contributed by atoms with van der Waals surface area (Å²) in [5.41, 5.74) is 8.17. The predicted molar refractivity (Wildman–Crippen MR) is 63.0 cm³/mol. The van der Waals surface area contributed by atoms with Gasteiger partial charge in [-0.05, 0) is 43.5 Å². The molecule has 0 aromatic heterocycles. The van der Waals surface area contributed by atoms with E-state index in [-0.39, 0.29) is 0 Å². The first-order valence-electron chi connectivity index (χ1n) is 4.88. The Kier molecular flexibility index (Phi) is 2.54. The highest BCUT2D eigenvalue weighted by molar-refractivity contribution is 9.10. The second kappa shape index (κ2) is 3.55. The van der Waals surface area contributed by atoms with Gasteiger partial charge in [0.1, 0.15) is 0 Å². The van der Waals surface area contributed by atoms with Crippen LogP contribution in [-0.2, 0) is 6.54 Å². The second-order valence-corrected chi connectivity index (χ2v) is 5.12. The van der Waals surface area contributed by atoms with Gasteiger partial charge in [0.25, 0.3) is 0 Å². The molecule has 14 heavy (non-hydrogen) atoms. The normalized spacial score (nSPS) is 18.1. The highest BCUT2D eigenvalue weighted by Crippen LogP contribution is 2.35. The lowest BCUT2D eigenvalue weighted by atomic mass is 10.2. The zero-order valence-corrected chi connectivity index (χ0v) is 9.89. The molecule has 0 spiro atoms. The molecule has 2 rings (SSSR count). The zero-order chi connectivity index (χ0) is 10.2. The maximum Gasteiger partial charge on any atom is 0.0318 e. The van der Waals surface area contributed by atoms with Crippen molar-refractivity contribution in [3.63, 3.8) is 0 Å². The Hall–Kier alpha value is -0.540. The van der Waals surface area contributed by atoms with Crippen molar-refractivity contribution < 1.29 is 0 Å². The third-order valence-electron chi connectivity index (χ3n) is 2.78. The van der Waals surface area contributed by atoms with E-state index in [0.29, 0.717) is 5.54 Å². The fourth-order valence-electron chi connectivity index (χ4n) is 1.40. The first kappa shape index (κ1) is 9.99. The van der Waals surface area contributed by atoms with E-state index in [2.05, 4.69) is 28.2 Å². The number of nitrogens with two attached hydrogens (primary N) is 1. The largest absolute Gasteiger partial charge is 0.399 e. The van der Waals surface area contributed by atoms with Crippen LogP contribution < -0.4 is 11.1 Å². The molecule has 0 saturated heterocycles. The Morgan fingerprint density at radius 3 is 2.86 bits per heavy atom. The van der Waals surface area contributed by atoms with Crippen molar-refractivity contribution in [2.24, 2.45) is 0 Å². The molecule has 0 amide bonds. The first-order chi connectivity index (χ1) is 6.59. The summed E-state index contributed by atoms with van der Waals surface area (Å²) in [5, 5.41) is 3.53. The number of nitrogen functional groups attached to an aromatic ring is 1. The van der Waals surface area contributed by atoms with Gasteiger partial charge in [-0.3, -0.25) is 0 Å². The van der Waals surface area contributed by atoms with Crippen molar-refractivity contribution in [3.05, 3.63) is 28.2 Å². The molecular formula is C11H15BrN2. The predicted octanol–water partition coefficient (Wildman–Crippen LogP) is 2.67.